The van der Waals surface area contributed by atoms with Crippen LogP contribution in [-0.2, 0) is 33.4 Å². The van der Waals surface area contributed by atoms with E-state index in [1.807, 2.05) is 0 Å². The highest BCUT2D eigenvalue weighted by molar-refractivity contribution is 7.86. The van der Waals surface area contributed by atoms with Crippen LogP contribution in [0.3, 0.4) is 0 Å². The Balaban J connectivity index is 3.75. The van der Waals surface area contributed by atoms with E-state index in [1.165, 1.54) is 24.3 Å². The minimum atomic E-state index is -4.41. The van der Waals surface area contributed by atoms with Gasteiger partial charge in [-0.1, -0.05) is 30.3 Å². The highest BCUT2D eigenvalue weighted by Crippen LogP contribution is 2.36. The van der Waals surface area contributed by atoms with Crippen LogP contribution in [0.25, 0.3) is 0 Å². The van der Waals surface area contributed by atoms with Gasteiger partial charge in [0.05, 0.1) is 20.5 Å². The maximum atomic E-state index is 12.4. The topological polar surface area (TPSA) is 139 Å². The van der Waals surface area contributed by atoms with Gasteiger partial charge in [0.25, 0.3) is 15.7 Å². The van der Waals surface area contributed by atoms with Crippen LogP contribution in [0.1, 0.15) is 11.5 Å². The second-order valence-corrected chi connectivity index (χ2v) is 6.56. The standard InChI is InChI=1S/C14H17NO9S/c1-22-12(16)14(13(17)23-2,24-25(3,20)21)11(9-15(18)19)10-7-5-4-6-8-10/h4-8,11H,9H2,1-3H3/t11-/m0/s1. The summed E-state index contributed by atoms with van der Waals surface area (Å²) in [5, 5.41) is 11.1. The van der Waals surface area contributed by atoms with Crippen molar-refractivity contribution in [1.82, 2.24) is 0 Å². The highest BCUT2D eigenvalue weighted by atomic mass is 32.2. The van der Waals surface area contributed by atoms with Crippen molar-refractivity contribution < 1.29 is 36.6 Å². The van der Waals surface area contributed by atoms with Crippen molar-refractivity contribution in [3.05, 3.63) is 46.0 Å². The van der Waals surface area contributed by atoms with E-state index in [-0.39, 0.29) is 5.56 Å². The molecule has 0 radical (unpaired) electrons. The van der Waals surface area contributed by atoms with Gasteiger partial charge in [0.1, 0.15) is 5.92 Å². The molecule has 25 heavy (non-hydrogen) atoms. The fraction of sp³-hybridized carbons (Fsp3) is 0.429. The zero-order valence-corrected chi connectivity index (χ0v) is 14.5. The van der Waals surface area contributed by atoms with Gasteiger partial charge in [0, 0.05) is 4.92 Å². The summed E-state index contributed by atoms with van der Waals surface area (Å²) in [7, 11) is -2.63. The van der Waals surface area contributed by atoms with Gasteiger partial charge in [-0.15, -0.1) is 0 Å². The normalized spacial score (nSPS) is 12.9. The molecule has 0 aliphatic rings. The average molecular weight is 375 g/mol. The van der Waals surface area contributed by atoms with E-state index in [0.717, 1.165) is 14.2 Å². The van der Waals surface area contributed by atoms with Crippen LogP contribution in [0.2, 0.25) is 0 Å². The molecule has 11 heteroatoms. The lowest BCUT2D eigenvalue weighted by atomic mass is 9.81. The minimum Gasteiger partial charge on any atom is -0.466 e. The van der Waals surface area contributed by atoms with Gasteiger partial charge in [0.2, 0.25) is 6.54 Å². The number of nitrogens with zero attached hydrogens (tertiary/aromatic N) is 1. The summed E-state index contributed by atoms with van der Waals surface area (Å²) in [4.78, 5) is 35.1. The quantitative estimate of drug-likeness (QED) is 0.203. The number of hydrogen-bond donors (Lipinski definition) is 0. The maximum absolute atomic E-state index is 12.4. The third-order valence-corrected chi connectivity index (χ3v) is 3.85. The van der Waals surface area contributed by atoms with Gasteiger partial charge in [0.15, 0.2) is 0 Å². The number of benzene rings is 1. The van der Waals surface area contributed by atoms with Crippen LogP contribution < -0.4 is 0 Å². The van der Waals surface area contributed by atoms with Crippen LogP contribution in [0.5, 0.6) is 0 Å². The Labute approximate surface area is 144 Å². The van der Waals surface area contributed by atoms with E-state index in [0.29, 0.717) is 6.26 Å². The Kier molecular flexibility index (Phi) is 6.59. The number of nitro groups is 1. The van der Waals surface area contributed by atoms with Gasteiger partial charge < -0.3 is 9.47 Å². The van der Waals surface area contributed by atoms with Gasteiger partial charge in [-0.05, 0) is 5.56 Å². The molecule has 1 atom stereocenters. The molecule has 10 nitrogen and oxygen atoms in total. The number of carbonyl (C=O) groups excluding carboxylic acids is 2. The second-order valence-electron chi connectivity index (χ2n) is 4.98. The van der Waals surface area contributed by atoms with Crippen molar-refractivity contribution in [1.29, 1.82) is 0 Å². The van der Waals surface area contributed by atoms with E-state index in [4.69, 9.17) is 4.18 Å². The summed E-state index contributed by atoms with van der Waals surface area (Å²) in [6.45, 7) is -0.982. The molecule has 0 N–H and O–H groups in total. The Morgan fingerprint density at radius 3 is 2.00 bits per heavy atom. The highest BCUT2D eigenvalue weighted by Gasteiger charge is 2.61. The molecule has 0 aliphatic carbocycles. The summed E-state index contributed by atoms with van der Waals surface area (Å²) in [5.74, 6) is -4.47. The third kappa shape index (κ3) is 4.73. The maximum Gasteiger partial charge on any atom is 0.352 e. The van der Waals surface area contributed by atoms with Crippen molar-refractivity contribution in [2.24, 2.45) is 0 Å². The van der Waals surface area contributed by atoms with Gasteiger partial charge in [-0.2, -0.15) is 8.42 Å². The largest absolute Gasteiger partial charge is 0.466 e. The number of rotatable bonds is 8. The second kappa shape index (κ2) is 8.03. The molecule has 0 heterocycles. The first-order valence-corrected chi connectivity index (χ1v) is 8.64. The van der Waals surface area contributed by atoms with Crippen molar-refractivity contribution in [2.45, 2.75) is 11.5 Å². The molecule has 0 unspecified atom stereocenters. The van der Waals surface area contributed by atoms with Crippen LogP contribution in [0, 0.1) is 10.1 Å². The predicted octanol–water partition coefficient (Wildman–Crippen LogP) is 0.108. The number of hydrogen-bond acceptors (Lipinski definition) is 9. The van der Waals surface area contributed by atoms with E-state index >= 15 is 0 Å². The summed E-state index contributed by atoms with van der Waals surface area (Å²) in [5.41, 5.74) is -2.77. The van der Waals surface area contributed by atoms with Crippen LogP contribution in [-0.4, -0.2) is 57.9 Å². The summed E-state index contributed by atoms with van der Waals surface area (Å²) < 4.78 is 37.2. The molecule has 1 aromatic rings. The number of methoxy groups -OCH3 is 2. The molecule has 0 fully saturated rings. The zero-order valence-electron chi connectivity index (χ0n) is 13.7. The smallest absolute Gasteiger partial charge is 0.352 e. The molecule has 0 amide bonds. The van der Waals surface area contributed by atoms with Crippen molar-refractivity contribution in [3.8, 4) is 0 Å². The van der Waals surface area contributed by atoms with E-state index < -0.39 is 45.0 Å². The van der Waals surface area contributed by atoms with Gasteiger partial charge in [-0.3, -0.25) is 10.1 Å². The Hall–Kier alpha value is -2.53. The predicted molar refractivity (Wildman–Crippen MR) is 83.7 cm³/mol. The fourth-order valence-corrected chi connectivity index (χ4v) is 3.07. The molecule has 0 saturated heterocycles. The molecule has 0 saturated carbocycles. The molecule has 138 valence electrons. The van der Waals surface area contributed by atoms with Crippen LogP contribution >= 0.6 is 0 Å². The SMILES string of the molecule is COC(=O)C(OS(C)(=O)=O)(C(=O)OC)[C@@H](C[N+](=O)[O-])c1ccccc1. The first-order chi connectivity index (χ1) is 11.6. The van der Waals surface area contributed by atoms with E-state index in [1.54, 1.807) is 6.07 Å². The lowest BCUT2D eigenvalue weighted by Gasteiger charge is -2.32. The Morgan fingerprint density at radius 1 is 1.16 bits per heavy atom. The molecule has 0 aromatic heterocycles. The summed E-state index contributed by atoms with van der Waals surface area (Å²) >= 11 is 0. The van der Waals surface area contributed by atoms with Crippen molar-refractivity contribution in [2.75, 3.05) is 27.0 Å². The molecule has 1 rings (SSSR count). The average Bonchev–Trinajstić information content (AvgIpc) is 2.56. The first kappa shape index (κ1) is 20.5. The summed E-state index contributed by atoms with van der Waals surface area (Å²) in [6.07, 6.45) is 0.599. The molecular weight excluding hydrogens is 358 g/mol. The molecule has 0 aliphatic heterocycles. The van der Waals surface area contributed by atoms with Crippen molar-refractivity contribution >= 4 is 22.1 Å². The molecule has 0 bridgehead atoms. The Bertz CT molecular complexity index is 729. The first-order valence-electron chi connectivity index (χ1n) is 6.82. The lowest BCUT2D eigenvalue weighted by Crippen LogP contribution is -2.57. The van der Waals surface area contributed by atoms with Gasteiger partial charge in [-0.25, -0.2) is 13.8 Å². The lowest BCUT2D eigenvalue weighted by molar-refractivity contribution is -0.485. The molecular formula is C14H17NO9S. The monoisotopic (exact) mass is 375 g/mol. The van der Waals surface area contributed by atoms with E-state index in [2.05, 4.69) is 9.47 Å². The number of esters is 2. The summed E-state index contributed by atoms with van der Waals surface area (Å²) in [6, 6.07) is 7.38. The van der Waals surface area contributed by atoms with Gasteiger partial charge >= 0.3 is 11.9 Å². The fourth-order valence-electron chi connectivity index (χ4n) is 2.34. The van der Waals surface area contributed by atoms with Crippen LogP contribution in [0.15, 0.2) is 30.3 Å². The Morgan fingerprint density at radius 2 is 1.64 bits per heavy atom. The zero-order chi connectivity index (χ0) is 19.3. The number of ether oxygens (including phenoxy) is 2. The molecule has 0 spiro atoms. The van der Waals surface area contributed by atoms with Crippen molar-refractivity contribution in [3.63, 3.8) is 0 Å². The van der Waals surface area contributed by atoms with Crippen LogP contribution in [0.4, 0.5) is 0 Å². The minimum absolute atomic E-state index is 0.124. The van der Waals surface area contributed by atoms with E-state index in [9.17, 15) is 28.1 Å². The third-order valence-electron chi connectivity index (χ3n) is 3.28. The molecule has 1 aromatic carbocycles. The number of carbonyl (C=O) groups is 2.